The van der Waals surface area contributed by atoms with Gasteiger partial charge in [0.15, 0.2) is 0 Å². The van der Waals surface area contributed by atoms with Gasteiger partial charge < -0.3 is 10.6 Å². The van der Waals surface area contributed by atoms with E-state index in [2.05, 4.69) is 24.5 Å². The van der Waals surface area contributed by atoms with E-state index in [-0.39, 0.29) is 35.7 Å². The van der Waals surface area contributed by atoms with E-state index in [9.17, 15) is 9.59 Å². The smallest absolute Gasteiger partial charge is 0.235 e. The average Bonchev–Trinajstić information content (AvgIpc) is 2.59. The molecule has 2 rings (SSSR count). The molecule has 2 aliphatic carbocycles. The van der Waals surface area contributed by atoms with E-state index in [1.165, 1.54) is 32.1 Å². The first-order valence-electron chi connectivity index (χ1n) is 9.63. The second-order valence-electron chi connectivity index (χ2n) is 8.16. The zero-order valence-electron chi connectivity index (χ0n) is 15.4. The first kappa shape index (κ1) is 20.8. The number of alkyl halides is 2. The third-order valence-electron chi connectivity index (χ3n) is 6.16. The van der Waals surface area contributed by atoms with Crippen molar-refractivity contribution in [3.8, 4) is 0 Å². The minimum Gasteiger partial charge on any atom is -0.352 e. The molecule has 144 valence electrons. The maximum Gasteiger partial charge on any atom is 0.235 e. The zero-order valence-corrected chi connectivity index (χ0v) is 16.9. The fourth-order valence-corrected chi connectivity index (χ4v) is 4.99. The summed E-state index contributed by atoms with van der Waals surface area (Å²) in [6, 6.07) is 0.561. The van der Waals surface area contributed by atoms with Crippen LogP contribution in [0.2, 0.25) is 0 Å². The van der Waals surface area contributed by atoms with Crippen molar-refractivity contribution >= 4 is 35.0 Å². The van der Waals surface area contributed by atoms with Crippen LogP contribution in [0.4, 0.5) is 0 Å². The molecule has 2 fully saturated rings. The number of amides is 2. The molecule has 2 N–H and O–H groups in total. The van der Waals surface area contributed by atoms with Crippen LogP contribution in [0.5, 0.6) is 0 Å². The predicted molar refractivity (Wildman–Crippen MR) is 103 cm³/mol. The molecule has 25 heavy (non-hydrogen) atoms. The van der Waals surface area contributed by atoms with Gasteiger partial charge in [-0.1, -0.05) is 13.8 Å². The number of carbonyl (C=O) groups excluding carboxylic acids is 2. The molecule has 0 aromatic heterocycles. The van der Waals surface area contributed by atoms with Gasteiger partial charge in [-0.2, -0.15) is 0 Å². The predicted octanol–water partition coefficient (Wildman–Crippen LogP) is 3.70. The van der Waals surface area contributed by atoms with Crippen molar-refractivity contribution in [3.05, 3.63) is 0 Å². The molecular weight excluding hydrogens is 359 g/mol. The standard InChI is InChI=1S/C19H32Cl2N2O2/c1-12-7-14(3-5-16(12)22-18(24)10-20)9-15-4-6-17(13(2)8-15)23-19(25)11-21/h12-17H,3-11H2,1-2H3,(H,22,24)(H,23,25). The van der Waals surface area contributed by atoms with Crippen molar-refractivity contribution in [1.29, 1.82) is 0 Å². The van der Waals surface area contributed by atoms with Gasteiger partial charge in [0, 0.05) is 12.1 Å². The normalized spacial score (nSPS) is 35.8. The maximum atomic E-state index is 11.5. The molecule has 0 aromatic carbocycles. The fourth-order valence-electron chi connectivity index (χ4n) is 4.83. The Hall–Kier alpha value is -0.480. The summed E-state index contributed by atoms with van der Waals surface area (Å²) < 4.78 is 0. The molecule has 2 amide bonds. The zero-order chi connectivity index (χ0) is 18.4. The number of halogens is 2. The molecule has 4 nitrogen and oxygen atoms in total. The Bertz CT molecular complexity index is 421. The molecule has 0 bridgehead atoms. The molecular formula is C19H32Cl2N2O2. The Morgan fingerprint density at radius 2 is 1.20 bits per heavy atom. The van der Waals surface area contributed by atoms with Gasteiger partial charge in [0.05, 0.1) is 0 Å². The Balaban J connectivity index is 1.75. The molecule has 6 unspecified atom stereocenters. The second-order valence-corrected chi connectivity index (χ2v) is 8.70. The summed E-state index contributed by atoms with van der Waals surface area (Å²) in [6.45, 7) is 4.49. The summed E-state index contributed by atoms with van der Waals surface area (Å²) in [5.74, 6) is 2.54. The van der Waals surface area contributed by atoms with Crippen LogP contribution >= 0.6 is 23.2 Å². The quantitative estimate of drug-likeness (QED) is 0.679. The van der Waals surface area contributed by atoms with Crippen LogP contribution in [0.25, 0.3) is 0 Å². The first-order chi connectivity index (χ1) is 11.9. The summed E-state index contributed by atoms with van der Waals surface area (Å²) in [5, 5.41) is 6.11. The highest BCUT2D eigenvalue weighted by atomic mass is 35.5. The van der Waals surface area contributed by atoms with E-state index in [1.54, 1.807) is 0 Å². The van der Waals surface area contributed by atoms with Crippen molar-refractivity contribution in [1.82, 2.24) is 10.6 Å². The molecule has 0 heterocycles. The monoisotopic (exact) mass is 390 g/mol. The summed E-state index contributed by atoms with van der Waals surface area (Å²) in [6.07, 6.45) is 8.15. The molecule has 0 spiro atoms. The SMILES string of the molecule is CC1CC(CC2CCC(NC(=O)CCl)C(C)C2)CCC1NC(=O)CCl. The topological polar surface area (TPSA) is 58.2 Å². The average molecular weight is 391 g/mol. The second kappa shape index (κ2) is 10.0. The van der Waals surface area contributed by atoms with E-state index in [0.29, 0.717) is 11.8 Å². The molecule has 6 heteroatoms. The van der Waals surface area contributed by atoms with Gasteiger partial charge >= 0.3 is 0 Å². The van der Waals surface area contributed by atoms with E-state index in [0.717, 1.165) is 24.7 Å². The molecule has 0 saturated heterocycles. The van der Waals surface area contributed by atoms with Gasteiger partial charge in [0.2, 0.25) is 11.8 Å². The lowest BCUT2D eigenvalue weighted by Gasteiger charge is -2.39. The summed E-state index contributed by atoms with van der Waals surface area (Å²) >= 11 is 11.2. The van der Waals surface area contributed by atoms with Gasteiger partial charge in [-0.3, -0.25) is 9.59 Å². The van der Waals surface area contributed by atoms with Crippen molar-refractivity contribution < 1.29 is 9.59 Å². The van der Waals surface area contributed by atoms with Crippen molar-refractivity contribution in [2.75, 3.05) is 11.8 Å². The van der Waals surface area contributed by atoms with Gasteiger partial charge in [0.1, 0.15) is 11.8 Å². The van der Waals surface area contributed by atoms with Gasteiger partial charge in [0.25, 0.3) is 0 Å². The minimum absolute atomic E-state index is 0.0496. The largest absolute Gasteiger partial charge is 0.352 e. The Morgan fingerprint density at radius 3 is 1.52 bits per heavy atom. The highest BCUT2D eigenvalue weighted by Crippen LogP contribution is 2.39. The van der Waals surface area contributed by atoms with Crippen molar-refractivity contribution in [3.63, 3.8) is 0 Å². The maximum absolute atomic E-state index is 11.5. The van der Waals surface area contributed by atoms with E-state index in [4.69, 9.17) is 23.2 Å². The highest BCUT2D eigenvalue weighted by molar-refractivity contribution is 6.27. The highest BCUT2D eigenvalue weighted by Gasteiger charge is 2.33. The van der Waals surface area contributed by atoms with E-state index < -0.39 is 0 Å². The molecule has 0 aromatic rings. The van der Waals surface area contributed by atoms with Crippen LogP contribution < -0.4 is 10.6 Å². The van der Waals surface area contributed by atoms with Crippen LogP contribution in [-0.4, -0.2) is 35.7 Å². The fraction of sp³-hybridized carbons (Fsp3) is 0.895. The van der Waals surface area contributed by atoms with Crippen molar-refractivity contribution in [2.24, 2.45) is 23.7 Å². The lowest BCUT2D eigenvalue weighted by molar-refractivity contribution is -0.120. The minimum atomic E-state index is -0.0527. The Labute approximate surface area is 161 Å². The van der Waals surface area contributed by atoms with E-state index >= 15 is 0 Å². The van der Waals surface area contributed by atoms with Crippen LogP contribution in [-0.2, 0) is 9.59 Å². The third-order valence-corrected chi connectivity index (χ3v) is 6.64. The number of carbonyl (C=O) groups is 2. The molecule has 6 atom stereocenters. The van der Waals surface area contributed by atoms with Crippen LogP contribution in [0.1, 0.15) is 58.8 Å². The van der Waals surface area contributed by atoms with Crippen LogP contribution in [0.15, 0.2) is 0 Å². The van der Waals surface area contributed by atoms with Gasteiger partial charge in [-0.15, -0.1) is 23.2 Å². The lowest BCUT2D eigenvalue weighted by atomic mass is 9.70. The molecule has 0 aliphatic heterocycles. The molecule has 2 aliphatic rings. The summed E-state index contributed by atoms with van der Waals surface area (Å²) in [7, 11) is 0. The number of nitrogens with one attached hydrogen (secondary N) is 2. The van der Waals surface area contributed by atoms with Crippen molar-refractivity contribution in [2.45, 2.75) is 70.9 Å². The third kappa shape index (κ3) is 6.32. The van der Waals surface area contributed by atoms with Crippen LogP contribution in [0.3, 0.4) is 0 Å². The first-order valence-corrected chi connectivity index (χ1v) is 10.7. The summed E-state index contributed by atoms with van der Waals surface area (Å²) in [4.78, 5) is 23.0. The Kier molecular flexibility index (Phi) is 8.34. The number of hydrogen-bond acceptors (Lipinski definition) is 2. The van der Waals surface area contributed by atoms with Gasteiger partial charge in [-0.05, 0) is 68.6 Å². The van der Waals surface area contributed by atoms with Gasteiger partial charge in [-0.25, -0.2) is 0 Å². The number of rotatable bonds is 6. The summed E-state index contributed by atoms with van der Waals surface area (Å²) in [5.41, 5.74) is 0. The van der Waals surface area contributed by atoms with E-state index in [1.807, 2.05) is 0 Å². The molecule has 0 radical (unpaired) electrons. The Morgan fingerprint density at radius 1 is 0.800 bits per heavy atom. The molecule has 2 saturated carbocycles. The number of hydrogen-bond donors (Lipinski definition) is 2. The van der Waals surface area contributed by atoms with Crippen LogP contribution in [0, 0.1) is 23.7 Å². The lowest BCUT2D eigenvalue weighted by Crippen LogP contribution is -2.44.